The van der Waals surface area contributed by atoms with E-state index in [-0.39, 0.29) is 0 Å². The van der Waals surface area contributed by atoms with Gasteiger partial charge >= 0.3 is 0 Å². The quantitative estimate of drug-likeness (QED) is 0.588. The Kier molecular flexibility index (Phi) is 5.58. The van der Waals surface area contributed by atoms with Crippen LogP contribution in [0.2, 0.25) is 10.0 Å². The van der Waals surface area contributed by atoms with E-state index in [1.165, 1.54) is 0 Å². The number of thiocarbonyl (C=S) groups is 1. The highest BCUT2D eigenvalue weighted by atomic mass is 35.5. The Morgan fingerprint density at radius 1 is 1.08 bits per heavy atom. The van der Waals surface area contributed by atoms with Crippen molar-refractivity contribution in [2.24, 2.45) is 0 Å². The van der Waals surface area contributed by atoms with Gasteiger partial charge in [0, 0.05) is 18.0 Å². The van der Waals surface area contributed by atoms with Gasteiger partial charge in [-0.15, -0.1) is 0 Å². The van der Waals surface area contributed by atoms with Crippen LogP contribution in [0.4, 0.5) is 11.5 Å². The van der Waals surface area contributed by atoms with E-state index in [9.17, 15) is 0 Å². The summed E-state index contributed by atoms with van der Waals surface area (Å²) in [4.78, 5) is 0. The highest BCUT2D eigenvalue weighted by Crippen LogP contribution is 2.23. The normalized spacial score (nSPS) is 10.5. The Labute approximate surface area is 161 Å². The number of aromatic nitrogens is 2. The fourth-order valence-corrected chi connectivity index (χ4v) is 2.86. The van der Waals surface area contributed by atoms with E-state index in [0.29, 0.717) is 27.5 Å². The SMILES string of the molecule is Cc1ccccc1NC(=S)Nc1ccn(Cc2ccc(Cl)c(Cl)c2)n1. The predicted octanol–water partition coefficient (Wildman–Crippen LogP) is 5.36. The monoisotopic (exact) mass is 390 g/mol. The minimum atomic E-state index is 0.495. The molecule has 7 heteroatoms. The van der Waals surface area contributed by atoms with Gasteiger partial charge in [0.25, 0.3) is 0 Å². The molecule has 2 aromatic carbocycles. The van der Waals surface area contributed by atoms with Crippen LogP contribution in [0.1, 0.15) is 11.1 Å². The standard InChI is InChI=1S/C18H16Cl2N4S/c1-12-4-2-3-5-16(12)21-18(25)22-17-8-9-24(23-17)11-13-6-7-14(19)15(20)10-13/h2-10H,11H2,1H3,(H2,21,22,23,25). The highest BCUT2D eigenvalue weighted by Gasteiger charge is 2.05. The average molecular weight is 391 g/mol. The van der Waals surface area contributed by atoms with Gasteiger partial charge in [-0.05, 0) is 48.5 Å². The molecule has 0 spiro atoms. The summed E-state index contributed by atoms with van der Waals surface area (Å²) >= 11 is 17.3. The summed E-state index contributed by atoms with van der Waals surface area (Å²) in [7, 11) is 0. The third-order valence-corrected chi connectivity index (χ3v) is 4.55. The Hall–Kier alpha value is -2.08. The molecule has 0 fully saturated rings. The van der Waals surface area contributed by atoms with E-state index in [1.54, 1.807) is 10.7 Å². The number of rotatable bonds is 4. The molecule has 0 atom stereocenters. The van der Waals surface area contributed by atoms with Crippen molar-refractivity contribution in [2.75, 3.05) is 10.6 Å². The molecule has 0 aliphatic carbocycles. The summed E-state index contributed by atoms with van der Waals surface area (Å²) in [6, 6.07) is 15.4. The zero-order chi connectivity index (χ0) is 17.8. The fraction of sp³-hybridized carbons (Fsp3) is 0.111. The van der Waals surface area contributed by atoms with Crippen LogP contribution in [-0.4, -0.2) is 14.9 Å². The van der Waals surface area contributed by atoms with Gasteiger partial charge in [0.2, 0.25) is 0 Å². The number of benzene rings is 2. The molecule has 25 heavy (non-hydrogen) atoms. The van der Waals surface area contributed by atoms with E-state index in [2.05, 4.69) is 15.7 Å². The summed E-state index contributed by atoms with van der Waals surface area (Å²) in [5.74, 6) is 0.672. The summed E-state index contributed by atoms with van der Waals surface area (Å²) < 4.78 is 1.80. The zero-order valence-electron chi connectivity index (χ0n) is 13.5. The zero-order valence-corrected chi connectivity index (χ0v) is 15.8. The maximum absolute atomic E-state index is 6.04. The first-order valence-corrected chi connectivity index (χ1v) is 8.79. The second kappa shape index (κ2) is 7.87. The van der Waals surface area contributed by atoms with Crippen molar-refractivity contribution in [3.63, 3.8) is 0 Å². The first-order chi connectivity index (χ1) is 12.0. The minimum absolute atomic E-state index is 0.495. The molecule has 128 valence electrons. The van der Waals surface area contributed by atoms with Gasteiger partial charge in [0.15, 0.2) is 10.9 Å². The first-order valence-electron chi connectivity index (χ1n) is 7.62. The van der Waals surface area contributed by atoms with Crippen molar-refractivity contribution in [3.8, 4) is 0 Å². The lowest BCUT2D eigenvalue weighted by atomic mass is 10.2. The number of nitrogens with one attached hydrogen (secondary N) is 2. The lowest BCUT2D eigenvalue weighted by Gasteiger charge is -2.10. The third-order valence-electron chi connectivity index (χ3n) is 3.60. The Balaban J connectivity index is 1.62. The Morgan fingerprint density at radius 3 is 2.64 bits per heavy atom. The van der Waals surface area contributed by atoms with Crippen LogP contribution >= 0.6 is 35.4 Å². The van der Waals surface area contributed by atoms with Crippen molar-refractivity contribution in [3.05, 3.63) is 75.9 Å². The second-order valence-electron chi connectivity index (χ2n) is 5.54. The average Bonchev–Trinajstić information content (AvgIpc) is 3.00. The second-order valence-corrected chi connectivity index (χ2v) is 6.76. The van der Waals surface area contributed by atoms with Crippen LogP contribution < -0.4 is 10.6 Å². The first kappa shape index (κ1) is 17.7. The molecule has 0 bridgehead atoms. The Morgan fingerprint density at radius 2 is 1.88 bits per heavy atom. The van der Waals surface area contributed by atoms with Crippen LogP contribution in [0.5, 0.6) is 0 Å². The van der Waals surface area contributed by atoms with Crippen LogP contribution in [0, 0.1) is 6.92 Å². The van der Waals surface area contributed by atoms with Crippen molar-refractivity contribution in [1.29, 1.82) is 0 Å². The number of para-hydroxylation sites is 1. The molecule has 4 nitrogen and oxygen atoms in total. The highest BCUT2D eigenvalue weighted by molar-refractivity contribution is 7.80. The van der Waals surface area contributed by atoms with E-state index >= 15 is 0 Å². The van der Waals surface area contributed by atoms with Crippen molar-refractivity contribution in [1.82, 2.24) is 9.78 Å². The summed E-state index contributed by atoms with van der Waals surface area (Å²) in [6.45, 7) is 2.62. The number of aryl methyl sites for hydroxylation is 1. The molecular formula is C18H16Cl2N4S. The smallest absolute Gasteiger partial charge is 0.176 e. The topological polar surface area (TPSA) is 41.9 Å². The molecule has 3 aromatic rings. The maximum atomic E-state index is 6.04. The molecule has 0 aliphatic rings. The van der Waals surface area contributed by atoms with Crippen molar-refractivity contribution in [2.45, 2.75) is 13.5 Å². The third kappa shape index (κ3) is 4.72. The molecule has 0 radical (unpaired) electrons. The number of halogens is 2. The van der Waals surface area contributed by atoms with Gasteiger partial charge in [0.1, 0.15) is 0 Å². The maximum Gasteiger partial charge on any atom is 0.176 e. The van der Waals surface area contributed by atoms with Crippen LogP contribution in [0.25, 0.3) is 0 Å². The summed E-state index contributed by atoms with van der Waals surface area (Å²) in [6.07, 6.45) is 1.88. The summed E-state index contributed by atoms with van der Waals surface area (Å²) in [5, 5.41) is 12.3. The Bertz CT molecular complexity index is 908. The van der Waals surface area contributed by atoms with E-state index in [0.717, 1.165) is 16.8 Å². The molecule has 1 heterocycles. The number of hydrogen-bond acceptors (Lipinski definition) is 2. The molecule has 0 unspecified atom stereocenters. The molecule has 0 amide bonds. The number of hydrogen-bond donors (Lipinski definition) is 2. The molecule has 1 aromatic heterocycles. The number of nitrogens with zero attached hydrogens (tertiary/aromatic N) is 2. The lowest BCUT2D eigenvalue weighted by molar-refractivity contribution is 0.690. The van der Waals surface area contributed by atoms with Crippen LogP contribution in [0.15, 0.2) is 54.7 Å². The van der Waals surface area contributed by atoms with E-state index in [1.807, 2.05) is 55.6 Å². The summed E-state index contributed by atoms with van der Waals surface area (Å²) in [5.41, 5.74) is 3.11. The van der Waals surface area contributed by atoms with Crippen molar-refractivity contribution < 1.29 is 0 Å². The minimum Gasteiger partial charge on any atom is -0.332 e. The van der Waals surface area contributed by atoms with Crippen LogP contribution in [-0.2, 0) is 6.54 Å². The van der Waals surface area contributed by atoms with Gasteiger partial charge in [-0.25, -0.2) is 0 Å². The van der Waals surface area contributed by atoms with E-state index < -0.39 is 0 Å². The fourth-order valence-electron chi connectivity index (χ4n) is 2.32. The molecular weight excluding hydrogens is 375 g/mol. The van der Waals surface area contributed by atoms with Gasteiger partial charge in [-0.3, -0.25) is 4.68 Å². The largest absolute Gasteiger partial charge is 0.332 e. The van der Waals surface area contributed by atoms with E-state index in [4.69, 9.17) is 35.4 Å². The molecule has 0 saturated heterocycles. The lowest BCUT2D eigenvalue weighted by Crippen LogP contribution is -2.20. The number of anilines is 2. The van der Waals surface area contributed by atoms with Gasteiger partial charge < -0.3 is 10.6 Å². The molecule has 2 N–H and O–H groups in total. The molecule has 3 rings (SSSR count). The van der Waals surface area contributed by atoms with Gasteiger partial charge in [-0.2, -0.15) is 5.10 Å². The van der Waals surface area contributed by atoms with Crippen molar-refractivity contribution >= 4 is 52.0 Å². The van der Waals surface area contributed by atoms with Crippen LogP contribution in [0.3, 0.4) is 0 Å². The molecule has 0 aliphatic heterocycles. The predicted molar refractivity (Wildman–Crippen MR) is 109 cm³/mol. The van der Waals surface area contributed by atoms with Gasteiger partial charge in [-0.1, -0.05) is 47.5 Å². The van der Waals surface area contributed by atoms with Gasteiger partial charge in [0.05, 0.1) is 16.6 Å². The molecule has 0 saturated carbocycles.